The van der Waals surface area contributed by atoms with Crippen LogP contribution in [0.25, 0.3) is 10.9 Å². The second-order valence-electron chi connectivity index (χ2n) is 24.3. The molecule has 10 atom stereocenters. The fraction of sp³-hybridized carbons (Fsp3) is 0.441. The molecule has 1 saturated heterocycles. The first-order valence-corrected chi connectivity index (χ1v) is 33.1. The highest BCUT2D eigenvalue weighted by molar-refractivity contribution is 5.99. The quantitative estimate of drug-likeness (QED) is 0.0146. The van der Waals surface area contributed by atoms with Gasteiger partial charge >= 0.3 is 0 Å². The molecular weight excluding hydrogens is 1290 g/mol. The van der Waals surface area contributed by atoms with Crippen LogP contribution in [0.3, 0.4) is 0 Å². The van der Waals surface area contributed by atoms with E-state index < -0.39 is 157 Å². The molecule has 12 amide bonds. The molecule has 1 aliphatic rings. The molecule has 0 radical (unpaired) electrons. The zero-order valence-corrected chi connectivity index (χ0v) is 55.7. The number of rotatable bonds is 27. The van der Waals surface area contributed by atoms with E-state index in [2.05, 4.69) is 73.8 Å². The third-order valence-corrected chi connectivity index (χ3v) is 16.4. The number of H-pyrrole nitrogens is 1. The number of phenolic OH excluding ortho intramolecular Hbond substituents is 1. The highest BCUT2D eigenvalue weighted by Gasteiger charge is 2.37. The van der Waals surface area contributed by atoms with Crippen LogP contribution >= 0.6 is 0 Å². The van der Waals surface area contributed by atoms with Crippen molar-refractivity contribution in [2.45, 2.75) is 164 Å². The number of nitrogens with two attached hydrogens (primary N) is 2. The fourth-order valence-electron chi connectivity index (χ4n) is 11.0. The van der Waals surface area contributed by atoms with Crippen LogP contribution < -0.4 is 75.3 Å². The number of phenols is 1. The number of aliphatic hydroxyl groups is 2. The maximum Gasteiger partial charge on any atom is 0.245 e. The van der Waals surface area contributed by atoms with Gasteiger partial charge in [-0.2, -0.15) is 0 Å². The fourth-order valence-corrected chi connectivity index (χ4v) is 11.0. The van der Waals surface area contributed by atoms with E-state index in [1.807, 2.05) is 18.2 Å². The van der Waals surface area contributed by atoms with Crippen LogP contribution in [-0.4, -0.2) is 189 Å². The van der Waals surface area contributed by atoms with Crippen molar-refractivity contribution in [3.63, 3.8) is 0 Å². The molecule has 0 unspecified atom stereocenters. The number of unbranched alkanes of at least 4 members (excludes halogenated alkanes) is 1. The number of fused-ring (bicyclic) bond motifs is 1. The minimum absolute atomic E-state index is 0.0106. The molecule has 2 aromatic heterocycles. The molecule has 0 saturated carbocycles. The van der Waals surface area contributed by atoms with E-state index in [0.717, 1.165) is 17.8 Å². The topological polar surface area (TPSA) is 514 Å². The zero-order chi connectivity index (χ0) is 72.7. The minimum atomic E-state index is -1.79. The molecule has 3 aromatic carbocycles. The number of primary amides is 1. The second kappa shape index (κ2) is 40.0. The summed E-state index contributed by atoms with van der Waals surface area (Å²) in [5.41, 5.74) is 14.2. The lowest BCUT2D eigenvalue weighted by molar-refractivity contribution is -0.136. The summed E-state index contributed by atoms with van der Waals surface area (Å²) in [7, 11) is 0. The minimum Gasteiger partial charge on any atom is -0.508 e. The number of aromatic amines is 1. The van der Waals surface area contributed by atoms with E-state index in [9.17, 15) is 58.5 Å². The lowest BCUT2D eigenvalue weighted by Crippen LogP contribution is -2.61. The molecule has 21 N–H and O–H groups in total. The molecule has 0 spiro atoms. The van der Waals surface area contributed by atoms with Crippen molar-refractivity contribution in [2.75, 3.05) is 26.3 Å². The van der Waals surface area contributed by atoms with Gasteiger partial charge in [0.25, 0.3) is 0 Å². The van der Waals surface area contributed by atoms with Crippen molar-refractivity contribution < 1.29 is 72.9 Å². The molecule has 0 aliphatic carbocycles. The summed E-state index contributed by atoms with van der Waals surface area (Å²) >= 11 is 0. The van der Waals surface area contributed by atoms with Crippen molar-refractivity contribution in [1.29, 1.82) is 5.41 Å². The van der Waals surface area contributed by atoms with Crippen molar-refractivity contribution >= 4 is 87.7 Å². The number of nitrogens with zero attached hydrogens (tertiary/aromatic N) is 1. The normalized spacial score (nSPS) is 19.7. The van der Waals surface area contributed by atoms with Gasteiger partial charge in [-0.15, -0.1) is 0 Å². The number of aliphatic hydroxyl groups excluding tert-OH is 2. The Labute approximate surface area is 577 Å². The number of nitrogens with one attached hydrogen (secondary N) is 14. The highest BCUT2D eigenvalue weighted by atomic mass is 16.3. The number of carbonyl (C=O) groups excluding carboxylic acids is 12. The van der Waals surface area contributed by atoms with Crippen LogP contribution in [0.1, 0.15) is 100 Å². The average molecular weight is 1390 g/mol. The van der Waals surface area contributed by atoms with Gasteiger partial charge in [-0.05, 0) is 91.5 Å². The summed E-state index contributed by atoms with van der Waals surface area (Å²) in [5.74, 6) is -11.2. The SMILES string of the molecule is CCCC[C@H](NC(=O)[C@H](CO)NC(=O)[C@H](Cc1ccc(O)cc1)NC(=O)[C@H](CO)NC(C)=O)C(=O)N[C@H]1CCC(=O)NCCCC[C@@H](C(N)=O)NC(=O)[C@H](Cc2c[nH]c3ccccc23)NC(=O)[C@H](CCCNC(=N)N)NC(=O)[C@@H](Cc2ccccc2)NC(=O)[C@H](Cc2cccnc2)NC1=O. The molecule has 5 aromatic rings. The van der Waals surface area contributed by atoms with Gasteiger partial charge in [0, 0.05) is 81.6 Å². The molecule has 32 heteroatoms. The molecular formula is C68H91N17O15. The molecule has 6 rings (SSSR count). The molecule has 1 aliphatic heterocycles. The number of aromatic hydroxyl groups is 1. The molecule has 0 bridgehead atoms. The average Bonchev–Trinajstić information content (AvgIpc) is 1.58. The zero-order valence-electron chi connectivity index (χ0n) is 55.7. The van der Waals surface area contributed by atoms with Gasteiger partial charge in [-0.1, -0.05) is 86.5 Å². The predicted molar refractivity (Wildman–Crippen MR) is 365 cm³/mol. The second-order valence-corrected chi connectivity index (χ2v) is 24.3. The van der Waals surface area contributed by atoms with Crippen LogP contribution in [0.15, 0.2) is 110 Å². The Balaban J connectivity index is 1.33. The third-order valence-electron chi connectivity index (χ3n) is 16.4. The first kappa shape index (κ1) is 78.0. The Morgan fingerprint density at radius 2 is 1.20 bits per heavy atom. The summed E-state index contributed by atoms with van der Waals surface area (Å²) in [4.78, 5) is 177. The number of para-hydroxylation sites is 1. The number of pyridine rings is 1. The van der Waals surface area contributed by atoms with Gasteiger partial charge in [0.15, 0.2) is 5.96 Å². The Hall–Kier alpha value is -11.0. The summed E-state index contributed by atoms with van der Waals surface area (Å²) in [6, 6.07) is 9.38. The maximum absolute atomic E-state index is 15.1. The summed E-state index contributed by atoms with van der Waals surface area (Å²) in [6.07, 6.45) is 4.06. The molecule has 32 nitrogen and oxygen atoms in total. The summed E-state index contributed by atoms with van der Waals surface area (Å²) in [6.45, 7) is 1.08. The Morgan fingerprint density at radius 1 is 0.620 bits per heavy atom. The number of carbonyl (C=O) groups is 12. The Morgan fingerprint density at radius 3 is 1.84 bits per heavy atom. The molecule has 538 valence electrons. The van der Waals surface area contributed by atoms with E-state index in [4.69, 9.17) is 16.9 Å². The van der Waals surface area contributed by atoms with Crippen LogP contribution in [-0.2, 0) is 83.2 Å². The third kappa shape index (κ3) is 25.4. The van der Waals surface area contributed by atoms with E-state index >= 15 is 14.4 Å². The monoisotopic (exact) mass is 1390 g/mol. The smallest absolute Gasteiger partial charge is 0.245 e. The Kier molecular flexibility index (Phi) is 31.2. The van der Waals surface area contributed by atoms with Gasteiger partial charge in [0.05, 0.1) is 13.2 Å². The number of benzene rings is 3. The van der Waals surface area contributed by atoms with Crippen LogP contribution in [0.4, 0.5) is 0 Å². The van der Waals surface area contributed by atoms with Crippen molar-refractivity contribution in [3.05, 3.63) is 132 Å². The van der Waals surface area contributed by atoms with Crippen molar-refractivity contribution in [1.82, 2.24) is 73.8 Å². The largest absolute Gasteiger partial charge is 0.508 e. The van der Waals surface area contributed by atoms with E-state index in [1.165, 1.54) is 36.7 Å². The van der Waals surface area contributed by atoms with Gasteiger partial charge < -0.3 is 95.6 Å². The van der Waals surface area contributed by atoms with E-state index in [1.54, 1.807) is 61.7 Å². The van der Waals surface area contributed by atoms with Gasteiger partial charge in [0.1, 0.15) is 66.2 Å². The van der Waals surface area contributed by atoms with Gasteiger partial charge in [0.2, 0.25) is 70.9 Å². The number of hydrogen-bond acceptors (Lipinski definition) is 17. The van der Waals surface area contributed by atoms with Crippen molar-refractivity contribution in [2.24, 2.45) is 11.5 Å². The predicted octanol–water partition coefficient (Wildman–Crippen LogP) is -2.59. The van der Waals surface area contributed by atoms with E-state index in [0.29, 0.717) is 35.1 Å². The Bertz CT molecular complexity index is 3620. The molecule has 3 heterocycles. The van der Waals surface area contributed by atoms with E-state index in [-0.39, 0.29) is 89.0 Å². The van der Waals surface area contributed by atoms with Gasteiger partial charge in [-0.25, -0.2) is 0 Å². The van der Waals surface area contributed by atoms with Gasteiger partial charge in [-0.3, -0.25) is 67.9 Å². The summed E-state index contributed by atoms with van der Waals surface area (Å²) < 4.78 is 0. The van der Waals surface area contributed by atoms with Crippen LogP contribution in [0.5, 0.6) is 5.75 Å². The van der Waals surface area contributed by atoms with Crippen molar-refractivity contribution in [3.8, 4) is 5.75 Å². The summed E-state index contributed by atoms with van der Waals surface area (Å²) in [5, 5.41) is 70.2. The lowest BCUT2D eigenvalue weighted by Gasteiger charge is -2.28. The van der Waals surface area contributed by atoms with Crippen LogP contribution in [0, 0.1) is 5.41 Å². The number of guanidine groups is 1. The first-order chi connectivity index (χ1) is 47.9. The number of hydrogen-bond donors (Lipinski definition) is 19. The molecule has 100 heavy (non-hydrogen) atoms. The highest BCUT2D eigenvalue weighted by Crippen LogP contribution is 2.21. The maximum atomic E-state index is 15.1. The number of amides is 12. The first-order valence-electron chi connectivity index (χ1n) is 33.1. The standard InChI is InChI=1S/C68H91N17O15/c1-3-4-18-48(79-67(100)56(38-87)85-64(97)52(32-41-22-24-44(89)25-23-41)83-66(99)55(37-86)76-39(2)88)59(92)80-50-26-27-57(90)73-29-11-10-20-47(58(69)91)77-65(98)54(34-43-36-75-46-19-9-8-17-45(43)46)84-60(93)49(21-13-30-74-68(70)71)78-62(95)51(31-40-14-6-5-7-15-40)82-63(96)53(81-61(50)94)33-42-16-12-28-72-35-42/h5-9,12,14-17,19,22-25,28,35-36,47-56,75,86-87,89H,3-4,10-11,13,18,20-21,26-27,29-34,37-38H2,1-2H3,(H2,69,91)(H,73,90)(H,76,88)(H,77,98)(H,78,95)(H,79,100)(H,80,92)(H,81,94)(H,82,96)(H,83,99)(H,84,93)(H,85,97)(H4,70,71,74)/t47-,48-,49-,50-,51+,52-,53-,54-,55-,56-/m0/s1. The number of aromatic nitrogens is 2. The molecule has 1 fully saturated rings. The lowest BCUT2D eigenvalue weighted by atomic mass is 10.0. The van der Waals surface area contributed by atoms with Crippen LogP contribution in [0.2, 0.25) is 0 Å².